The van der Waals surface area contributed by atoms with Crippen molar-refractivity contribution in [3.05, 3.63) is 17.5 Å². The van der Waals surface area contributed by atoms with Crippen molar-refractivity contribution < 1.29 is 4.79 Å². The predicted molar refractivity (Wildman–Crippen MR) is 67.2 cm³/mol. The van der Waals surface area contributed by atoms with Crippen molar-refractivity contribution >= 4 is 5.91 Å². The van der Waals surface area contributed by atoms with Crippen molar-refractivity contribution in [2.45, 2.75) is 39.8 Å². The first kappa shape index (κ1) is 13.7. The lowest BCUT2D eigenvalue weighted by molar-refractivity contribution is -0.122. The summed E-state index contributed by atoms with van der Waals surface area (Å²) >= 11 is 0. The molecule has 1 aromatic rings. The molecule has 1 rings (SSSR count). The molecule has 0 aliphatic rings. The van der Waals surface area contributed by atoms with Crippen molar-refractivity contribution in [1.29, 1.82) is 0 Å². The maximum absolute atomic E-state index is 11.7. The Morgan fingerprint density at radius 3 is 2.71 bits per heavy atom. The Bertz CT molecular complexity index is 384. The monoisotopic (exact) mass is 238 g/mol. The first-order valence-corrected chi connectivity index (χ1v) is 5.92. The largest absolute Gasteiger partial charge is 0.351 e. The van der Waals surface area contributed by atoms with Crippen LogP contribution in [0.4, 0.5) is 0 Å². The summed E-state index contributed by atoms with van der Waals surface area (Å²) in [6.45, 7) is 6.52. The average Bonchev–Trinajstić information content (AvgIpc) is 2.52. The van der Waals surface area contributed by atoms with Gasteiger partial charge >= 0.3 is 0 Å². The molecular weight excluding hydrogens is 216 g/mol. The van der Waals surface area contributed by atoms with Crippen LogP contribution in [0.15, 0.2) is 6.20 Å². The summed E-state index contributed by atoms with van der Waals surface area (Å²) in [5, 5.41) is 7.06. The minimum atomic E-state index is -0.424. The van der Waals surface area contributed by atoms with Crippen LogP contribution in [0.25, 0.3) is 0 Å². The lowest BCUT2D eigenvalue weighted by atomic mass is 10.0. The fourth-order valence-electron chi connectivity index (χ4n) is 1.75. The van der Waals surface area contributed by atoms with Crippen molar-refractivity contribution in [1.82, 2.24) is 15.1 Å². The second-order valence-electron chi connectivity index (χ2n) is 4.87. The van der Waals surface area contributed by atoms with Gasteiger partial charge in [-0.2, -0.15) is 5.10 Å². The molecule has 1 heterocycles. The van der Waals surface area contributed by atoms with E-state index in [1.54, 1.807) is 4.68 Å². The third kappa shape index (κ3) is 4.19. The molecule has 0 fully saturated rings. The second kappa shape index (κ2) is 5.82. The first-order valence-electron chi connectivity index (χ1n) is 5.92. The van der Waals surface area contributed by atoms with E-state index in [2.05, 4.69) is 24.3 Å². The number of rotatable bonds is 5. The molecule has 0 aromatic carbocycles. The fraction of sp³-hybridized carbons (Fsp3) is 0.667. The number of aryl methyl sites for hydroxylation is 2. The van der Waals surface area contributed by atoms with Crippen LogP contribution in [0.2, 0.25) is 0 Å². The van der Waals surface area contributed by atoms with E-state index >= 15 is 0 Å². The van der Waals surface area contributed by atoms with E-state index in [-0.39, 0.29) is 5.91 Å². The second-order valence-corrected chi connectivity index (χ2v) is 4.87. The molecule has 0 aliphatic carbocycles. The van der Waals surface area contributed by atoms with Gasteiger partial charge in [-0.3, -0.25) is 9.48 Å². The Morgan fingerprint density at radius 1 is 1.59 bits per heavy atom. The predicted octanol–water partition coefficient (Wildman–Crippen LogP) is 0.718. The highest BCUT2D eigenvalue weighted by Gasteiger charge is 2.15. The van der Waals surface area contributed by atoms with Crippen LogP contribution in [0, 0.1) is 12.8 Å². The van der Waals surface area contributed by atoms with E-state index in [1.165, 1.54) is 0 Å². The van der Waals surface area contributed by atoms with Gasteiger partial charge < -0.3 is 11.1 Å². The van der Waals surface area contributed by atoms with Crippen LogP contribution in [-0.4, -0.2) is 21.7 Å². The summed E-state index contributed by atoms with van der Waals surface area (Å²) in [5.74, 6) is 0.331. The third-order valence-corrected chi connectivity index (χ3v) is 2.63. The highest BCUT2D eigenvalue weighted by molar-refractivity contribution is 5.81. The Hall–Kier alpha value is -1.36. The minimum absolute atomic E-state index is 0.0954. The first-order chi connectivity index (χ1) is 7.90. The van der Waals surface area contributed by atoms with E-state index in [4.69, 9.17) is 5.73 Å². The molecule has 1 atom stereocenters. The molecule has 0 saturated carbocycles. The van der Waals surface area contributed by atoms with Crippen LogP contribution >= 0.6 is 0 Å². The van der Waals surface area contributed by atoms with Gasteiger partial charge in [0.25, 0.3) is 0 Å². The number of nitrogens with one attached hydrogen (secondary N) is 1. The zero-order chi connectivity index (χ0) is 13.0. The minimum Gasteiger partial charge on any atom is -0.351 e. The van der Waals surface area contributed by atoms with Gasteiger partial charge in [0.05, 0.1) is 11.7 Å². The molecule has 0 saturated heterocycles. The molecule has 5 nitrogen and oxygen atoms in total. The standard InChI is InChI=1S/C12H22N4O/c1-8(2)5-11(13)12(17)14-6-10-7-16(4)15-9(10)3/h7-8,11H,5-6,13H2,1-4H3,(H,14,17)/t11-/m1/s1. The van der Waals surface area contributed by atoms with Crippen molar-refractivity contribution in [3.63, 3.8) is 0 Å². The Labute approximate surface area is 102 Å². The van der Waals surface area contributed by atoms with E-state index in [0.29, 0.717) is 18.9 Å². The van der Waals surface area contributed by atoms with E-state index in [0.717, 1.165) is 11.3 Å². The smallest absolute Gasteiger partial charge is 0.237 e. The molecule has 1 amide bonds. The average molecular weight is 238 g/mol. The Morgan fingerprint density at radius 2 is 2.24 bits per heavy atom. The molecule has 0 unspecified atom stereocenters. The maximum Gasteiger partial charge on any atom is 0.237 e. The van der Waals surface area contributed by atoms with Crippen molar-refractivity contribution in [3.8, 4) is 0 Å². The molecule has 1 aromatic heterocycles. The fourth-order valence-corrected chi connectivity index (χ4v) is 1.75. The van der Waals surface area contributed by atoms with Gasteiger partial charge in [-0.15, -0.1) is 0 Å². The SMILES string of the molecule is Cc1nn(C)cc1CNC(=O)[C@H](N)CC(C)C. The van der Waals surface area contributed by atoms with Gasteiger partial charge in [-0.25, -0.2) is 0 Å². The summed E-state index contributed by atoms with van der Waals surface area (Å²) in [7, 11) is 1.86. The number of hydrogen-bond donors (Lipinski definition) is 2. The quantitative estimate of drug-likeness (QED) is 0.794. The van der Waals surface area contributed by atoms with Crippen LogP contribution in [-0.2, 0) is 18.4 Å². The van der Waals surface area contributed by atoms with Crippen molar-refractivity contribution in [2.75, 3.05) is 0 Å². The lowest BCUT2D eigenvalue weighted by Crippen LogP contribution is -2.41. The highest BCUT2D eigenvalue weighted by Crippen LogP contribution is 2.05. The molecule has 0 radical (unpaired) electrons. The van der Waals surface area contributed by atoms with E-state index in [9.17, 15) is 4.79 Å². The topological polar surface area (TPSA) is 72.9 Å². The lowest BCUT2D eigenvalue weighted by Gasteiger charge is -2.13. The zero-order valence-electron chi connectivity index (χ0n) is 11.0. The van der Waals surface area contributed by atoms with Gasteiger partial charge in [0.2, 0.25) is 5.91 Å². The van der Waals surface area contributed by atoms with Gasteiger partial charge in [0, 0.05) is 25.4 Å². The molecule has 96 valence electrons. The van der Waals surface area contributed by atoms with Crippen LogP contribution in [0.3, 0.4) is 0 Å². The molecule has 17 heavy (non-hydrogen) atoms. The molecule has 5 heteroatoms. The maximum atomic E-state index is 11.7. The van der Waals surface area contributed by atoms with Crippen LogP contribution in [0.1, 0.15) is 31.5 Å². The molecule has 0 spiro atoms. The zero-order valence-corrected chi connectivity index (χ0v) is 11.0. The van der Waals surface area contributed by atoms with Crippen LogP contribution in [0.5, 0.6) is 0 Å². The molecule has 3 N–H and O–H groups in total. The van der Waals surface area contributed by atoms with Gasteiger partial charge in [0.15, 0.2) is 0 Å². The summed E-state index contributed by atoms with van der Waals surface area (Å²) in [4.78, 5) is 11.7. The molecule has 0 bridgehead atoms. The summed E-state index contributed by atoms with van der Waals surface area (Å²) < 4.78 is 1.74. The number of carbonyl (C=O) groups excluding carboxylic acids is 1. The number of hydrogen-bond acceptors (Lipinski definition) is 3. The number of amides is 1. The normalized spacial score (nSPS) is 12.8. The number of nitrogens with zero attached hydrogens (tertiary/aromatic N) is 2. The molecular formula is C12H22N4O. The van der Waals surface area contributed by atoms with Gasteiger partial charge in [-0.1, -0.05) is 13.8 Å². The van der Waals surface area contributed by atoms with Gasteiger partial charge in [-0.05, 0) is 19.3 Å². The Kier molecular flexibility index (Phi) is 4.69. The summed E-state index contributed by atoms with van der Waals surface area (Å²) in [6, 6.07) is -0.424. The highest BCUT2D eigenvalue weighted by atomic mass is 16.2. The summed E-state index contributed by atoms with van der Waals surface area (Å²) in [5.41, 5.74) is 7.75. The van der Waals surface area contributed by atoms with E-state index in [1.807, 2.05) is 20.2 Å². The molecule has 0 aliphatic heterocycles. The number of aromatic nitrogens is 2. The van der Waals surface area contributed by atoms with Crippen LogP contribution < -0.4 is 11.1 Å². The number of nitrogens with two attached hydrogens (primary N) is 1. The van der Waals surface area contributed by atoms with Gasteiger partial charge in [0.1, 0.15) is 0 Å². The summed E-state index contributed by atoms with van der Waals surface area (Å²) in [6.07, 6.45) is 2.61. The third-order valence-electron chi connectivity index (χ3n) is 2.63. The van der Waals surface area contributed by atoms with E-state index < -0.39 is 6.04 Å². The Balaban J connectivity index is 2.45. The van der Waals surface area contributed by atoms with Crippen molar-refractivity contribution in [2.24, 2.45) is 18.7 Å². The number of carbonyl (C=O) groups is 1.